The number of hydrogen-bond donors (Lipinski definition) is 1. The minimum Gasteiger partial charge on any atom is -0.334 e. The topological polar surface area (TPSA) is 24.8 Å². The van der Waals surface area contributed by atoms with Crippen LogP contribution in [0.2, 0.25) is 0 Å². The van der Waals surface area contributed by atoms with Gasteiger partial charge in [-0.25, -0.2) is 0 Å². The third-order valence-electron chi connectivity index (χ3n) is 6.38. The van der Waals surface area contributed by atoms with E-state index in [9.17, 15) is 4.79 Å². The van der Waals surface area contributed by atoms with E-state index in [1.165, 1.54) is 34.4 Å². The van der Waals surface area contributed by atoms with E-state index >= 15 is 0 Å². The normalized spacial score (nSPS) is 18.1. The minimum atomic E-state index is 0.144. The van der Waals surface area contributed by atoms with Gasteiger partial charge in [0.25, 0.3) is 5.91 Å². The van der Waals surface area contributed by atoms with Crippen molar-refractivity contribution in [1.82, 2.24) is 4.90 Å². The monoisotopic (exact) mass is 383 g/mol. The highest BCUT2D eigenvalue weighted by molar-refractivity contribution is 5.94. The van der Waals surface area contributed by atoms with Crippen molar-refractivity contribution in [1.29, 1.82) is 0 Å². The molecule has 1 N–H and O–H groups in total. The Kier molecular flexibility index (Phi) is 4.91. The van der Waals surface area contributed by atoms with Crippen molar-refractivity contribution in [3.8, 4) is 0 Å². The van der Waals surface area contributed by atoms with Gasteiger partial charge in [-0.2, -0.15) is 0 Å². The van der Waals surface area contributed by atoms with Gasteiger partial charge in [0, 0.05) is 36.2 Å². The Morgan fingerprint density at radius 2 is 1.45 bits per heavy atom. The van der Waals surface area contributed by atoms with Gasteiger partial charge in [-0.3, -0.25) is 4.79 Å². The number of benzene rings is 3. The molecule has 0 saturated carbocycles. The van der Waals surface area contributed by atoms with Crippen LogP contribution in [0.4, 0.5) is 0 Å². The first-order valence-corrected chi connectivity index (χ1v) is 10.6. The molecule has 29 heavy (non-hydrogen) atoms. The molecule has 2 aliphatic rings. The Morgan fingerprint density at radius 1 is 0.793 bits per heavy atom. The lowest BCUT2D eigenvalue weighted by Crippen LogP contribution is -3.10. The molecule has 0 saturated heterocycles. The number of amides is 1. The number of nitrogens with one attached hydrogen (secondary N) is 1. The van der Waals surface area contributed by atoms with E-state index in [0.717, 1.165) is 38.0 Å². The fourth-order valence-electron chi connectivity index (χ4n) is 4.70. The predicted octanol–water partition coefficient (Wildman–Crippen LogP) is 3.03. The average Bonchev–Trinajstić information content (AvgIpc) is 2.79. The molecule has 146 valence electrons. The lowest BCUT2D eigenvalue weighted by atomic mass is 9.98. The molecule has 0 aromatic heterocycles. The van der Waals surface area contributed by atoms with Gasteiger partial charge in [0.1, 0.15) is 13.1 Å². The second-order valence-electron chi connectivity index (χ2n) is 8.31. The molecule has 2 heterocycles. The molecule has 1 amide bonds. The molecule has 3 aromatic rings. The van der Waals surface area contributed by atoms with Crippen molar-refractivity contribution in [3.63, 3.8) is 0 Å². The van der Waals surface area contributed by atoms with Crippen molar-refractivity contribution in [2.45, 2.75) is 32.5 Å². The Morgan fingerprint density at radius 3 is 2.21 bits per heavy atom. The highest BCUT2D eigenvalue weighted by atomic mass is 16.2. The van der Waals surface area contributed by atoms with Crippen molar-refractivity contribution < 1.29 is 9.69 Å². The number of rotatable bonds is 3. The van der Waals surface area contributed by atoms with Crippen molar-refractivity contribution in [3.05, 3.63) is 106 Å². The Hall–Kier alpha value is -2.91. The zero-order chi connectivity index (χ0) is 19.6. The molecule has 0 spiro atoms. The number of hydrogen-bond acceptors (Lipinski definition) is 1. The van der Waals surface area contributed by atoms with Gasteiger partial charge in [-0.05, 0) is 35.2 Å². The van der Waals surface area contributed by atoms with Crippen LogP contribution < -0.4 is 4.90 Å². The Bertz CT molecular complexity index is 1020. The van der Waals surface area contributed by atoms with Crippen LogP contribution in [0.3, 0.4) is 0 Å². The smallest absolute Gasteiger partial charge is 0.254 e. The van der Waals surface area contributed by atoms with Crippen LogP contribution in [0.15, 0.2) is 72.8 Å². The second-order valence-corrected chi connectivity index (χ2v) is 8.31. The van der Waals surface area contributed by atoms with Gasteiger partial charge < -0.3 is 9.80 Å². The van der Waals surface area contributed by atoms with Crippen molar-refractivity contribution >= 4 is 5.91 Å². The summed E-state index contributed by atoms with van der Waals surface area (Å²) in [7, 11) is 0. The van der Waals surface area contributed by atoms with Crippen LogP contribution in [0.25, 0.3) is 0 Å². The van der Waals surface area contributed by atoms with Gasteiger partial charge in [0.15, 0.2) is 0 Å². The molecule has 3 aromatic carbocycles. The van der Waals surface area contributed by atoms with Gasteiger partial charge in [0.05, 0.1) is 6.54 Å². The van der Waals surface area contributed by atoms with Crippen LogP contribution in [0, 0.1) is 0 Å². The number of fused-ring (bicyclic) bond motifs is 2. The zero-order valence-corrected chi connectivity index (χ0v) is 16.7. The SMILES string of the molecule is O=C(c1ccc(C[NH+]2CCc3ccccc3C2)cc1)N1CCc2ccccc2C1. The van der Waals surface area contributed by atoms with Gasteiger partial charge >= 0.3 is 0 Å². The molecule has 0 bridgehead atoms. The number of carbonyl (C=O) groups excluding carboxylic acids is 1. The standard InChI is InChI=1S/C26H26N2O/c29-26(28-16-14-22-6-2-4-8-25(22)19-28)23-11-9-20(10-12-23)17-27-15-13-21-5-1-3-7-24(21)18-27/h1-12H,13-19H2/p+1. The number of nitrogens with zero attached hydrogens (tertiary/aromatic N) is 1. The first-order chi connectivity index (χ1) is 14.3. The molecular weight excluding hydrogens is 356 g/mol. The molecule has 0 fully saturated rings. The van der Waals surface area contributed by atoms with Crippen molar-refractivity contribution in [2.75, 3.05) is 13.1 Å². The highest BCUT2D eigenvalue weighted by Crippen LogP contribution is 2.20. The summed E-state index contributed by atoms with van der Waals surface area (Å²) in [6.45, 7) is 4.79. The first kappa shape index (κ1) is 18.1. The largest absolute Gasteiger partial charge is 0.334 e. The first-order valence-electron chi connectivity index (χ1n) is 10.6. The lowest BCUT2D eigenvalue weighted by molar-refractivity contribution is -0.929. The van der Waals surface area contributed by atoms with E-state index in [1.54, 1.807) is 4.90 Å². The summed E-state index contributed by atoms with van der Waals surface area (Å²) < 4.78 is 0. The molecular formula is C26H27N2O+. The molecule has 5 rings (SSSR count). The van der Waals surface area contributed by atoms with E-state index in [0.29, 0.717) is 6.54 Å². The molecule has 3 heteroatoms. The molecule has 0 aliphatic carbocycles. The van der Waals surface area contributed by atoms with E-state index in [4.69, 9.17) is 0 Å². The fraction of sp³-hybridized carbons (Fsp3) is 0.269. The molecule has 2 aliphatic heterocycles. The summed E-state index contributed by atoms with van der Waals surface area (Å²) in [5, 5.41) is 0. The predicted molar refractivity (Wildman–Crippen MR) is 115 cm³/mol. The molecule has 1 atom stereocenters. The van der Waals surface area contributed by atoms with Gasteiger partial charge in [0.2, 0.25) is 0 Å². The van der Waals surface area contributed by atoms with Crippen LogP contribution in [0.5, 0.6) is 0 Å². The molecule has 3 nitrogen and oxygen atoms in total. The summed E-state index contributed by atoms with van der Waals surface area (Å²) in [6.07, 6.45) is 2.10. The maximum Gasteiger partial charge on any atom is 0.254 e. The lowest BCUT2D eigenvalue weighted by Gasteiger charge is -2.29. The summed E-state index contributed by atoms with van der Waals surface area (Å²) in [5.74, 6) is 0.144. The number of carbonyl (C=O) groups is 1. The van der Waals surface area contributed by atoms with Crippen LogP contribution in [0.1, 0.15) is 38.2 Å². The summed E-state index contributed by atoms with van der Waals surface area (Å²) >= 11 is 0. The van der Waals surface area contributed by atoms with Gasteiger partial charge in [-0.1, -0.05) is 60.7 Å². The maximum atomic E-state index is 13.0. The van der Waals surface area contributed by atoms with E-state index in [-0.39, 0.29) is 5.91 Å². The Balaban J connectivity index is 1.23. The maximum absolute atomic E-state index is 13.0. The quantitative estimate of drug-likeness (QED) is 0.739. The zero-order valence-electron chi connectivity index (χ0n) is 16.7. The van der Waals surface area contributed by atoms with Crippen molar-refractivity contribution in [2.24, 2.45) is 0 Å². The van der Waals surface area contributed by atoms with Crippen LogP contribution in [-0.2, 0) is 32.5 Å². The van der Waals surface area contributed by atoms with Crippen LogP contribution >= 0.6 is 0 Å². The summed E-state index contributed by atoms with van der Waals surface area (Å²) in [6, 6.07) is 25.5. The molecule has 1 unspecified atom stereocenters. The molecule has 0 radical (unpaired) electrons. The van der Waals surface area contributed by atoms with E-state index in [1.807, 2.05) is 17.0 Å². The Labute approximate surface area is 172 Å². The highest BCUT2D eigenvalue weighted by Gasteiger charge is 2.22. The van der Waals surface area contributed by atoms with E-state index in [2.05, 4.69) is 60.7 Å². The summed E-state index contributed by atoms with van der Waals surface area (Å²) in [4.78, 5) is 16.5. The average molecular weight is 384 g/mol. The summed E-state index contributed by atoms with van der Waals surface area (Å²) in [5.41, 5.74) is 7.73. The number of quaternary nitrogens is 1. The third-order valence-corrected chi connectivity index (χ3v) is 6.38. The fourth-order valence-corrected chi connectivity index (χ4v) is 4.70. The van der Waals surface area contributed by atoms with Crippen LogP contribution in [-0.4, -0.2) is 23.9 Å². The minimum absolute atomic E-state index is 0.144. The third kappa shape index (κ3) is 3.83. The van der Waals surface area contributed by atoms with E-state index < -0.39 is 0 Å². The van der Waals surface area contributed by atoms with Gasteiger partial charge in [-0.15, -0.1) is 0 Å². The second kappa shape index (κ2) is 7.84.